The number of hydrogen-bond donors (Lipinski definition) is 1. The number of ether oxygens (including phenoxy) is 1. The maximum Gasteiger partial charge on any atom is 0.410 e. The molecular weight excluding hydrogens is 354 g/mol. The van der Waals surface area contributed by atoms with Crippen LogP contribution in [0.2, 0.25) is 0 Å². The molecule has 2 unspecified atom stereocenters. The van der Waals surface area contributed by atoms with Crippen LogP contribution in [0.25, 0.3) is 0 Å². The SMILES string of the molecule is CC(C)C(N)C(=O)N1CCCCC1CN(C(=O)OCc1ccccc1)C(C)C. The molecule has 2 rings (SSSR count). The smallest absolute Gasteiger partial charge is 0.410 e. The Morgan fingerprint density at radius 3 is 2.46 bits per heavy atom. The molecule has 0 bridgehead atoms. The highest BCUT2D eigenvalue weighted by atomic mass is 16.6. The van der Waals surface area contributed by atoms with Gasteiger partial charge >= 0.3 is 6.09 Å². The summed E-state index contributed by atoms with van der Waals surface area (Å²) >= 11 is 0. The molecule has 1 heterocycles. The molecule has 1 saturated heterocycles. The number of nitrogens with two attached hydrogens (primary N) is 1. The topological polar surface area (TPSA) is 75.9 Å². The van der Waals surface area contributed by atoms with Crippen molar-refractivity contribution in [2.75, 3.05) is 13.1 Å². The van der Waals surface area contributed by atoms with E-state index in [1.165, 1.54) is 0 Å². The second-order valence-corrected chi connectivity index (χ2v) is 8.24. The van der Waals surface area contributed by atoms with E-state index in [1.807, 2.05) is 62.9 Å². The summed E-state index contributed by atoms with van der Waals surface area (Å²) in [7, 11) is 0. The van der Waals surface area contributed by atoms with Crippen molar-refractivity contribution < 1.29 is 14.3 Å². The van der Waals surface area contributed by atoms with Gasteiger partial charge in [-0.15, -0.1) is 0 Å². The largest absolute Gasteiger partial charge is 0.445 e. The van der Waals surface area contributed by atoms with Crippen molar-refractivity contribution in [3.8, 4) is 0 Å². The third kappa shape index (κ3) is 5.96. The Balaban J connectivity index is 2.03. The molecule has 2 atom stereocenters. The van der Waals surface area contributed by atoms with E-state index in [1.54, 1.807) is 4.90 Å². The average molecular weight is 390 g/mol. The number of nitrogens with zero attached hydrogens (tertiary/aromatic N) is 2. The number of rotatable bonds is 7. The van der Waals surface area contributed by atoms with Gasteiger partial charge in [0.15, 0.2) is 0 Å². The first-order valence-electron chi connectivity index (χ1n) is 10.3. The molecule has 156 valence electrons. The van der Waals surface area contributed by atoms with E-state index in [2.05, 4.69) is 0 Å². The molecule has 1 aromatic rings. The maximum atomic E-state index is 12.8. The van der Waals surface area contributed by atoms with Gasteiger partial charge < -0.3 is 20.3 Å². The first kappa shape index (κ1) is 22.2. The van der Waals surface area contributed by atoms with Crippen LogP contribution in [0.4, 0.5) is 4.79 Å². The minimum absolute atomic E-state index is 0.0129. The summed E-state index contributed by atoms with van der Waals surface area (Å²) < 4.78 is 5.53. The van der Waals surface area contributed by atoms with Gasteiger partial charge in [-0.2, -0.15) is 0 Å². The van der Waals surface area contributed by atoms with E-state index in [-0.39, 0.29) is 36.6 Å². The van der Waals surface area contributed by atoms with Crippen LogP contribution >= 0.6 is 0 Å². The fourth-order valence-electron chi connectivity index (χ4n) is 3.48. The number of piperidine rings is 1. The molecule has 28 heavy (non-hydrogen) atoms. The Bertz CT molecular complexity index is 633. The minimum Gasteiger partial charge on any atom is -0.445 e. The predicted octanol–water partition coefficient (Wildman–Crippen LogP) is 3.40. The summed E-state index contributed by atoms with van der Waals surface area (Å²) in [5.74, 6) is 0.0770. The van der Waals surface area contributed by atoms with Gasteiger partial charge in [0.1, 0.15) is 6.61 Å². The van der Waals surface area contributed by atoms with Crippen molar-refractivity contribution in [1.82, 2.24) is 9.80 Å². The Morgan fingerprint density at radius 2 is 1.86 bits per heavy atom. The molecule has 0 radical (unpaired) electrons. The van der Waals surface area contributed by atoms with Gasteiger partial charge in [-0.1, -0.05) is 44.2 Å². The highest BCUT2D eigenvalue weighted by Crippen LogP contribution is 2.21. The molecule has 6 heteroatoms. The fraction of sp³-hybridized carbons (Fsp3) is 0.636. The van der Waals surface area contributed by atoms with Gasteiger partial charge in [-0.05, 0) is 44.6 Å². The van der Waals surface area contributed by atoms with Crippen molar-refractivity contribution in [2.45, 2.75) is 71.7 Å². The van der Waals surface area contributed by atoms with Gasteiger partial charge in [0.05, 0.1) is 6.04 Å². The van der Waals surface area contributed by atoms with Crippen molar-refractivity contribution in [3.05, 3.63) is 35.9 Å². The summed E-state index contributed by atoms with van der Waals surface area (Å²) in [5.41, 5.74) is 7.07. The van der Waals surface area contributed by atoms with Crippen molar-refractivity contribution >= 4 is 12.0 Å². The molecule has 1 aliphatic heterocycles. The average Bonchev–Trinajstić information content (AvgIpc) is 2.69. The Morgan fingerprint density at radius 1 is 1.18 bits per heavy atom. The molecule has 0 spiro atoms. The molecular formula is C22H35N3O3. The molecule has 0 saturated carbocycles. The van der Waals surface area contributed by atoms with Crippen LogP contribution in [0.1, 0.15) is 52.5 Å². The molecule has 0 aromatic heterocycles. The van der Waals surface area contributed by atoms with Crippen LogP contribution in [0, 0.1) is 5.92 Å². The second kappa shape index (κ2) is 10.5. The zero-order chi connectivity index (χ0) is 20.7. The number of benzene rings is 1. The molecule has 1 fully saturated rings. The van der Waals surface area contributed by atoms with Crippen LogP contribution < -0.4 is 5.73 Å². The highest BCUT2D eigenvalue weighted by Gasteiger charge is 2.34. The Hall–Kier alpha value is -2.08. The number of carbonyl (C=O) groups is 2. The lowest BCUT2D eigenvalue weighted by Gasteiger charge is -2.41. The molecule has 1 aliphatic rings. The maximum absolute atomic E-state index is 12.8. The third-order valence-electron chi connectivity index (χ3n) is 5.38. The van der Waals surface area contributed by atoms with Gasteiger partial charge in [-0.25, -0.2) is 4.79 Å². The number of carbonyl (C=O) groups excluding carboxylic acids is 2. The number of likely N-dealkylation sites (tertiary alicyclic amines) is 1. The molecule has 2 amide bonds. The minimum atomic E-state index is -0.502. The van der Waals surface area contributed by atoms with Gasteiger partial charge in [0, 0.05) is 25.2 Å². The third-order valence-corrected chi connectivity index (χ3v) is 5.38. The monoisotopic (exact) mass is 389 g/mol. The number of hydrogen-bond acceptors (Lipinski definition) is 4. The van der Waals surface area contributed by atoms with Crippen molar-refractivity contribution in [2.24, 2.45) is 11.7 Å². The molecule has 6 nitrogen and oxygen atoms in total. The van der Waals surface area contributed by atoms with Crippen LogP contribution in [0.15, 0.2) is 30.3 Å². The van der Waals surface area contributed by atoms with E-state index in [0.29, 0.717) is 13.1 Å². The van der Waals surface area contributed by atoms with E-state index < -0.39 is 6.04 Å². The van der Waals surface area contributed by atoms with Crippen LogP contribution in [0.3, 0.4) is 0 Å². The van der Waals surface area contributed by atoms with E-state index >= 15 is 0 Å². The zero-order valence-corrected chi connectivity index (χ0v) is 17.6. The lowest BCUT2D eigenvalue weighted by Crippen LogP contribution is -2.56. The van der Waals surface area contributed by atoms with Crippen LogP contribution in [-0.2, 0) is 16.1 Å². The Kier molecular flexibility index (Phi) is 8.30. The van der Waals surface area contributed by atoms with Gasteiger partial charge in [0.25, 0.3) is 0 Å². The summed E-state index contributed by atoms with van der Waals surface area (Å²) in [6.45, 7) is 9.29. The van der Waals surface area contributed by atoms with E-state index in [9.17, 15) is 9.59 Å². The highest BCUT2D eigenvalue weighted by molar-refractivity contribution is 5.82. The molecule has 1 aromatic carbocycles. The van der Waals surface area contributed by atoms with Crippen LogP contribution in [-0.4, -0.2) is 53.0 Å². The Labute approximate surface area is 169 Å². The lowest BCUT2D eigenvalue weighted by atomic mass is 9.97. The summed E-state index contributed by atoms with van der Waals surface area (Å²) in [5, 5.41) is 0. The van der Waals surface area contributed by atoms with Gasteiger partial charge in [0.2, 0.25) is 5.91 Å². The fourth-order valence-corrected chi connectivity index (χ4v) is 3.48. The summed E-state index contributed by atoms with van der Waals surface area (Å²) in [6.07, 6.45) is 2.57. The van der Waals surface area contributed by atoms with Crippen molar-refractivity contribution in [1.29, 1.82) is 0 Å². The second-order valence-electron chi connectivity index (χ2n) is 8.24. The zero-order valence-electron chi connectivity index (χ0n) is 17.6. The molecule has 0 aliphatic carbocycles. The van der Waals surface area contributed by atoms with E-state index in [4.69, 9.17) is 10.5 Å². The molecule has 2 N–H and O–H groups in total. The summed E-state index contributed by atoms with van der Waals surface area (Å²) in [4.78, 5) is 29.2. The lowest BCUT2D eigenvalue weighted by molar-refractivity contribution is -0.137. The normalized spacial score (nSPS) is 18.2. The first-order valence-corrected chi connectivity index (χ1v) is 10.3. The van der Waals surface area contributed by atoms with Gasteiger partial charge in [-0.3, -0.25) is 4.79 Å². The summed E-state index contributed by atoms with van der Waals surface area (Å²) in [6, 6.07) is 9.11. The van der Waals surface area contributed by atoms with E-state index in [0.717, 1.165) is 24.8 Å². The number of amides is 2. The standard InChI is InChI=1S/C22H35N3O3/c1-16(2)20(23)21(26)24-13-9-8-12-19(24)14-25(17(3)4)22(27)28-15-18-10-6-5-7-11-18/h5-7,10-11,16-17,19-20H,8-9,12-15,23H2,1-4H3. The first-order chi connectivity index (χ1) is 13.3. The predicted molar refractivity (Wildman–Crippen MR) is 111 cm³/mol. The van der Waals surface area contributed by atoms with Crippen molar-refractivity contribution in [3.63, 3.8) is 0 Å². The quantitative estimate of drug-likeness (QED) is 0.775. The van der Waals surface area contributed by atoms with Crippen LogP contribution in [0.5, 0.6) is 0 Å².